The van der Waals surface area contributed by atoms with Crippen molar-refractivity contribution >= 4 is 5.91 Å². The van der Waals surface area contributed by atoms with Gasteiger partial charge in [0, 0.05) is 18.4 Å². The molecule has 0 aromatic carbocycles. The SMILES string of the molecule is C#CC(=O)N1[C@@H](CCCC)Cc2cc(OC)cnc2[C@@H]1c1ccncc1. The number of ether oxygens (including phenoxy) is 1. The Morgan fingerprint density at radius 1 is 1.42 bits per heavy atom. The molecule has 1 amide bonds. The number of hydrogen-bond acceptors (Lipinski definition) is 4. The van der Waals surface area contributed by atoms with E-state index in [1.54, 1.807) is 25.7 Å². The Bertz CT molecular complexity index is 814. The zero-order valence-electron chi connectivity index (χ0n) is 15.2. The fourth-order valence-corrected chi connectivity index (χ4v) is 3.62. The second-order valence-electron chi connectivity index (χ2n) is 6.46. The van der Waals surface area contributed by atoms with E-state index in [4.69, 9.17) is 11.2 Å². The number of amides is 1. The smallest absolute Gasteiger partial charge is 0.299 e. The number of aromatic nitrogens is 2. The number of fused-ring (bicyclic) bond motifs is 1. The summed E-state index contributed by atoms with van der Waals surface area (Å²) < 4.78 is 5.35. The van der Waals surface area contributed by atoms with Gasteiger partial charge in [-0.1, -0.05) is 19.8 Å². The molecule has 0 radical (unpaired) electrons. The molecule has 0 fully saturated rings. The highest BCUT2D eigenvalue weighted by atomic mass is 16.5. The number of terminal acetylenes is 1. The Labute approximate surface area is 154 Å². The van der Waals surface area contributed by atoms with E-state index in [0.29, 0.717) is 0 Å². The van der Waals surface area contributed by atoms with Gasteiger partial charge in [-0.05, 0) is 48.1 Å². The van der Waals surface area contributed by atoms with Crippen molar-refractivity contribution in [1.29, 1.82) is 0 Å². The molecule has 0 saturated heterocycles. The lowest BCUT2D eigenvalue weighted by Gasteiger charge is -2.42. The van der Waals surface area contributed by atoms with E-state index in [-0.39, 0.29) is 18.0 Å². The number of hydrogen-bond donors (Lipinski definition) is 0. The van der Waals surface area contributed by atoms with Gasteiger partial charge in [-0.15, -0.1) is 6.42 Å². The van der Waals surface area contributed by atoms with Gasteiger partial charge in [0.05, 0.1) is 19.0 Å². The van der Waals surface area contributed by atoms with Gasteiger partial charge in [0.25, 0.3) is 5.91 Å². The molecule has 134 valence electrons. The fraction of sp³-hybridized carbons (Fsp3) is 0.381. The first kappa shape index (κ1) is 17.9. The van der Waals surface area contributed by atoms with Crippen molar-refractivity contribution in [2.45, 2.75) is 44.7 Å². The maximum absolute atomic E-state index is 12.7. The molecule has 0 N–H and O–H groups in total. The van der Waals surface area contributed by atoms with Gasteiger partial charge in [0.1, 0.15) is 11.8 Å². The molecular weight excluding hydrogens is 326 g/mol. The molecule has 2 aromatic rings. The Hall–Kier alpha value is -2.87. The summed E-state index contributed by atoms with van der Waals surface area (Å²) in [5.41, 5.74) is 2.92. The Morgan fingerprint density at radius 2 is 2.19 bits per heavy atom. The quantitative estimate of drug-likeness (QED) is 0.778. The molecule has 1 aliphatic heterocycles. The number of unbranched alkanes of at least 4 members (excludes halogenated alkanes) is 1. The van der Waals surface area contributed by atoms with Crippen LogP contribution in [-0.2, 0) is 11.2 Å². The fourth-order valence-electron chi connectivity index (χ4n) is 3.62. The molecule has 3 heterocycles. The molecule has 5 nitrogen and oxygen atoms in total. The van der Waals surface area contributed by atoms with Gasteiger partial charge < -0.3 is 9.64 Å². The highest BCUT2D eigenvalue weighted by Gasteiger charge is 2.38. The Balaban J connectivity index is 2.14. The highest BCUT2D eigenvalue weighted by molar-refractivity contribution is 5.94. The molecule has 0 bridgehead atoms. The molecule has 2 atom stereocenters. The second-order valence-corrected chi connectivity index (χ2v) is 6.46. The van der Waals surface area contributed by atoms with Crippen LogP contribution in [0.15, 0.2) is 36.8 Å². The van der Waals surface area contributed by atoms with Crippen LogP contribution in [0.3, 0.4) is 0 Å². The van der Waals surface area contributed by atoms with Crippen molar-refractivity contribution in [3.05, 3.63) is 53.6 Å². The zero-order chi connectivity index (χ0) is 18.5. The largest absolute Gasteiger partial charge is 0.495 e. The summed E-state index contributed by atoms with van der Waals surface area (Å²) in [6.45, 7) is 2.15. The number of rotatable bonds is 5. The van der Waals surface area contributed by atoms with Crippen LogP contribution >= 0.6 is 0 Å². The van der Waals surface area contributed by atoms with E-state index in [1.807, 2.05) is 23.1 Å². The van der Waals surface area contributed by atoms with E-state index in [1.165, 1.54) is 0 Å². The molecule has 0 aliphatic carbocycles. The monoisotopic (exact) mass is 349 g/mol. The number of carbonyl (C=O) groups excluding carboxylic acids is 1. The summed E-state index contributed by atoms with van der Waals surface area (Å²) in [6.07, 6.45) is 14.4. The van der Waals surface area contributed by atoms with Crippen molar-refractivity contribution in [1.82, 2.24) is 14.9 Å². The van der Waals surface area contributed by atoms with Crippen LogP contribution in [-0.4, -0.2) is 33.9 Å². The third-order valence-corrected chi connectivity index (χ3v) is 4.87. The first-order chi connectivity index (χ1) is 12.7. The van der Waals surface area contributed by atoms with Crippen LogP contribution in [0.4, 0.5) is 0 Å². The molecule has 0 unspecified atom stereocenters. The average molecular weight is 349 g/mol. The standard InChI is InChI=1S/C21H23N3O2/c1-4-6-7-17-12-16-13-18(26-3)14-23-20(16)21(24(17)19(25)5-2)15-8-10-22-11-9-15/h2,8-11,13-14,17,21H,4,6-7,12H2,1,3H3/t17-,21-/m0/s1. The van der Waals surface area contributed by atoms with Gasteiger partial charge in [0.15, 0.2) is 0 Å². The van der Waals surface area contributed by atoms with Gasteiger partial charge in [-0.25, -0.2) is 0 Å². The maximum atomic E-state index is 12.7. The molecule has 3 rings (SSSR count). The van der Waals surface area contributed by atoms with E-state index >= 15 is 0 Å². The third-order valence-electron chi connectivity index (χ3n) is 4.87. The van der Waals surface area contributed by atoms with Gasteiger partial charge in [0.2, 0.25) is 0 Å². The Kier molecular flexibility index (Phi) is 5.52. The lowest BCUT2D eigenvalue weighted by molar-refractivity contribution is -0.130. The minimum atomic E-state index is -0.307. The molecule has 26 heavy (non-hydrogen) atoms. The maximum Gasteiger partial charge on any atom is 0.299 e. The third kappa shape index (κ3) is 3.41. The minimum Gasteiger partial charge on any atom is -0.495 e. The lowest BCUT2D eigenvalue weighted by Crippen LogP contribution is -2.47. The van der Waals surface area contributed by atoms with Gasteiger partial charge in [-0.2, -0.15) is 0 Å². The molecule has 5 heteroatoms. The van der Waals surface area contributed by atoms with Crippen LogP contribution in [0.5, 0.6) is 5.75 Å². The molecular formula is C21H23N3O2. The number of pyridine rings is 2. The summed E-state index contributed by atoms with van der Waals surface area (Å²) in [6, 6.07) is 5.59. The second kappa shape index (κ2) is 8.01. The van der Waals surface area contributed by atoms with Gasteiger partial charge >= 0.3 is 0 Å². The summed E-state index contributed by atoms with van der Waals surface area (Å²) >= 11 is 0. The predicted octanol–water partition coefficient (Wildman–Crippen LogP) is 3.15. The van der Waals surface area contributed by atoms with E-state index < -0.39 is 0 Å². The van der Waals surface area contributed by atoms with Crippen LogP contribution in [0.2, 0.25) is 0 Å². The molecule has 0 saturated carbocycles. The van der Waals surface area contributed by atoms with Crippen LogP contribution < -0.4 is 4.74 Å². The summed E-state index contributed by atoms with van der Waals surface area (Å²) in [5, 5.41) is 0. The highest BCUT2D eigenvalue weighted by Crippen LogP contribution is 2.39. The average Bonchev–Trinajstić information content (AvgIpc) is 2.70. The first-order valence-electron chi connectivity index (χ1n) is 8.91. The normalized spacial score (nSPS) is 18.7. The minimum absolute atomic E-state index is 0.0399. The van der Waals surface area contributed by atoms with Crippen molar-refractivity contribution in [2.24, 2.45) is 0 Å². The van der Waals surface area contributed by atoms with E-state index in [9.17, 15) is 4.79 Å². The first-order valence-corrected chi connectivity index (χ1v) is 8.91. The van der Waals surface area contributed by atoms with E-state index in [0.717, 1.165) is 48.3 Å². The zero-order valence-corrected chi connectivity index (χ0v) is 15.2. The van der Waals surface area contributed by atoms with Crippen LogP contribution in [0.1, 0.15) is 49.0 Å². The van der Waals surface area contributed by atoms with Crippen molar-refractivity contribution < 1.29 is 9.53 Å². The van der Waals surface area contributed by atoms with Gasteiger partial charge in [-0.3, -0.25) is 14.8 Å². The molecule has 2 aromatic heterocycles. The molecule has 1 aliphatic rings. The lowest BCUT2D eigenvalue weighted by atomic mass is 9.86. The van der Waals surface area contributed by atoms with Crippen molar-refractivity contribution in [2.75, 3.05) is 7.11 Å². The summed E-state index contributed by atoms with van der Waals surface area (Å²) in [4.78, 5) is 23.2. The number of methoxy groups -OCH3 is 1. The number of nitrogens with zero attached hydrogens (tertiary/aromatic N) is 3. The Morgan fingerprint density at radius 3 is 2.85 bits per heavy atom. The topological polar surface area (TPSA) is 55.3 Å². The van der Waals surface area contributed by atoms with Crippen molar-refractivity contribution in [3.8, 4) is 18.1 Å². The van der Waals surface area contributed by atoms with Crippen LogP contribution in [0.25, 0.3) is 0 Å². The summed E-state index contributed by atoms with van der Waals surface area (Å²) in [5.74, 6) is 2.74. The molecule has 0 spiro atoms. The van der Waals surface area contributed by atoms with E-state index in [2.05, 4.69) is 22.8 Å². The summed E-state index contributed by atoms with van der Waals surface area (Å²) in [7, 11) is 1.63. The predicted molar refractivity (Wildman–Crippen MR) is 99.6 cm³/mol. The van der Waals surface area contributed by atoms with Crippen molar-refractivity contribution in [3.63, 3.8) is 0 Å². The van der Waals surface area contributed by atoms with Crippen LogP contribution in [0, 0.1) is 12.3 Å². The number of carbonyl (C=O) groups is 1.